The van der Waals surface area contributed by atoms with Gasteiger partial charge < -0.3 is 10.6 Å². The number of aromatic nitrogens is 2. The number of carbonyl (C=O) groups is 1. The molecule has 0 unspecified atom stereocenters. The van der Waals surface area contributed by atoms with Crippen LogP contribution in [0.1, 0.15) is 6.42 Å². The summed E-state index contributed by atoms with van der Waals surface area (Å²) in [5.74, 6) is 0.414. The van der Waals surface area contributed by atoms with Crippen LogP contribution in [0.5, 0.6) is 0 Å². The van der Waals surface area contributed by atoms with Crippen LogP contribution < -0.4 is 10.6 Å². The van der Waals surface area contributed by atoms with E-state index in [2.05, 4.69) is 20.8 Å². The van der Waals surface area contributed by atoms with E-state index in [-0.39, 0.29) is 23.5 Å². The Morgan fingerprint density at radius 2 is 2.41 bits per heavy atom. The molecule has 0 bridgehead atoms. The lowest BCUT2D eigenvalue weighted by Gasteiger charge is -2.09. The molecule has 94 valence electrons. The minimum atomic E-state index is -2.88. The maximum atomic E-state index is 11.4. The first-order chi connectivity index (χ1) is 8.05. The highest BCUT2D eigenvalue weighted by molar-refractivity contribution is 7.91. The van der Waals surface area contributed by atoms with Crippen molar-refractivity contribution in [2.45, 2.75) is 6.42 Å². The van der Waals surface area contributed by atoms with Gasteiger partial charge in [0.25, 0.3) is 0 Å². The van der Waals surface area contributed by atoms with Crippen LogP contribution in [-0.4, -0.2) is 42.7 Å². The summed E-state index contributed by atoms with van der Waals surface area (Å²) in [5.41, 5.74) is 0.571. The fourth-order valence-corrected chi connectivity index (χ4v) is 3.63. The maximum Gasteiger partial charge on any atom is 0.319 e. The molecule has 1 fully saturated rings. The molecule has 1 aromatic rings. The van der Waals surface area contributed by atoms with Crippen molar-refractivity contribution in [1.29, 1.82) is 0 Å². The standard InChI is InChI=1S/C9H14N4O3S/c14-9(13-8-4-11-12-5-8)10-3-7-1-2-17(15,16)6-7/h4-5,7H,1-3,6H2,(H,11,12)(H2,10,13,14)/t7-/m1/s1. The van der Waals surface area contributed by atoms with E-state index in [4.69, 9.17) is 0 Å². The summed E-state index contributed by atoms with van der Waals surface area (Å²) in [6.07, 6.45) is 3.66. The number of amides is 2. The van der Waals surface area contributed by atoms with Crippen LogP contribution in [0.4, 0.5) is 10.5 Å². The molecule has 2 heterocycles. The first kappa shape index (κ1) is 11.9. The summed E-state index contributed by atoms with van der Waals surface area (Å²) in [5, 5.41) is 11.5. The maximum absolute atomic E-state index is 11.4. The molecule has 3 N–H and O–H groups in total. The van der Waals surface area contributed by atoms with E-state index in [1.54, 1.807) is 6.20 Å². The average Bonchev–Trinajstić information content (AvgIpc) is 2.85. The number of rotatable bonds is 3. The molecular formula is C9H14N4O3S. The molecule has 2 rings (SSSR count). The van der Waals surface area contributed by atoms with Crippen LogP contribution >= 0.6 is 0 Å². The molecule has 0 aliphatic carbocycles. The van der Waals surface area contributed by atoms with Crippen LogP contribution in [0, 0.1) is 5.92 Å². The second-order valence-electron chi connectivity index (χ2n) is 4.09. The van der Waals surface area contributed by atoms with E-state index in [1.165, 1.54) is 6.20 Å². The minimum absolute atomic E-state index is 0.0232. The van der Waals surface area contributed by atoms with Gasteiger partial charge >= 0.3 is 6.03 Å². The lowest BCUT2D eigenvalue weighted by atomic mass is 10.1. The van der Waals surface area contributed by atoms with Gasteiger partial charge in [-0.15, -0.1) is 0 Å². The fourth-order valence-electron chi connectivity index (χ4n) is 1.76. The molecule has 0 aromatic carbocycles. The summed E-state index contributed by atoms with van der Waals surface area (Å²) < 4.78 is 22.4. The Morgan fingerprint density at radius 1 is 1.59 bits per heavy atom. The van der Waals surface area contributed by atoms with Gasteiger partial charge in [-0.1, -0.05) is 0 Å². The van der Waals surface area contributed by atoms with Crippen LogP contribution in [0.25, 0.3) is 0 Å². The van der Waals surface area contributed by atoms with E-state index in [9.17, 15) is 13.2 Å². The van der Waals surface area contributed by atoms with E-state index >= 15 is 0 Å². The Labute approximate surface area is 98.9 Å². The number of sulfone groups is 1. The summed E-state index contributed by atoms with van der Waals surface area (Å²) in [6, 6.07) is -0.351. The second-order valence-corrected chi connectivity index (χ2v) is 6.32. The fraction of sp³-hybridized carbons (Fsp3) is 0.556. The largest absolute Gasteiger partial charge is 0.338 e. The zero-order valence-electron chi connectivity index (χ0n) is 9.14. The van der Waals surface area contributed by atoms with Crippen LogP contribution in [-0.2, 0) is 9.84 Å². The Bertz CT molecular complexity index is 482. The smallest absolute Gasteiger partial charge is 0.319 e. The minimum Gasteiger partial charge on any atom is -0.338 e. The number of urea groups is 1. The molecule has 0 spiro atoms. The first-order valence-electron chi connectivity index (χ1n) is 5.29. The van der Waals surface area contributed by atoms with E-state index in [0.29, 0.717) is 18.7 Å². The predicted molar refractivity (Wildman–Crippen MR) is 62.4 cm³/mol. The van der Waals surface area contributed by atoms with Gasteiger partial charge in [0.15, 0.2) is 9.84 Å². The Morgan fingerprint density at radius 3 is 3.00 bits per heavy atom. The normalized spacial score (nSPS) is 22.2. The number of H-pyrrole nitrogens is 1. The molecule has 1 saturated heterocycles. The van der Waals surface area contributed by atoms with Gasteiger partial charge in [-0.2, -0.15) is 5.10 Å². The van der Waals surface area contributed by atoms with Crippen molar-refractivity contribution >= 4 is 21.6 Å². The number of nitrogens with zero attached hydrogens (tertiary/aromatic N) is 1. The lowest BCUT2D eigenvalue weighted by Crippen LogP contribution is -2.33. The summed E-state index contributed by atoms with van der Waals surface area (Å²) in [7, 11) is -2.88. The molecular weight excluding hydrogens is 244 g/mol. The van der Waals surface area contributed by atoms with E-state index < -0.39 is 9.84 Å². The molecule has 8 heteroatoms. The van der Waals surface area contributed by atoms with Gasteiger partial charge in [-0.05, 0) is 12.3 Å². The first-order valence-corrected chi connectivity index (χ1v) is 7.11. The van der Waals surface area contributed by atoms with E-state index in [1.807, 2.05) is 0 Å². The van der Waals surface area contributed by atoms with Crippen LogP contribution in [0.15, 0.2) is 12.4 Å². The molecule has 17 heavy (non-hydrogen) atoms. The SMILES string of the molecule is O=C(NC[C@H]1CCS(=O)(=O)C1)Nc1cn[nH]c1. The molecule has 1 aromatic heterocycles. The number of hydrogen-bond donors (Lipinski definition) is 3. The van der Waals surface area contributed by atoms with Crippen LogP contribution in [0.2, 0.25) is 0 Å². The zero-order valence-corrected chi connectivity index (χ0v) is 9.96. The summed E-state index contributed by atoms with van der Waals surface area (Å²) in [6.45, 7) is 0.378. The Hall–Kier alpha value is -1.57. The quantitative estimate of drug-likeness (QED) is 0.708. The van der Waals surface area contributed by atoms with Crippen molar-refractivity contribution in [2.24, 2.45) is 5.92 Å². The van der Waals surface area contributed by atoms with Crippen molar-refractivity contribution < 1.29 is 13.2 Å². The van der Waals surface area contributed by atoms with Gasteiger partial charge in [-0.25, -0.2) is 13.2 Å². The molecule has 0 radical (unpaired) electrons. The third kappa shape index (κ3) is 3.45. The predicted octanol–water partition coefficient (Wildman–Crippen LogP) is -0.0341. The highest BCUT2D eigenvalue weighted by Crippen LogP contribution is 2.17. The van der Waals surface area contributed by atoms with Crippen LogP contribution in [0.3, 0.4) is 0 Å². The van der Waals surface area contributed by atoms with Crippen molar-refractivity contribution in [3.05, 3.63) is 12.4 Å². The van der Waals surface area contributed by atoms with Gasteiger partial charge in [-0.3, -0.25) is 5.10 Å². The molecule has 2 amide bonds. The van der Waals surface area contributed by atoms with Gasteiger partial charge in [0, 0.05) is 12.7 Å². The Balaban J connectivity index is 1.74. The van der Waals surface area contributed by atoms with Crippen molar-refractivity contribution in [1.82, 2.24) is 15.5 Å². The zero-order chi connectivity index (χ0) is 12.3. The number of anilines is 1. The lowest BCUT2D eigenvalue weighted by molar-refractivity contribution is 0.250. The van der Waals surface area contributed by atoms with E-state index in [0.717, 1.165) is 0 Å². The Kier molecular flexibility index (Phi) is 3.32. The molecule has 1 atom stereocenters. The number of hydrogen-bond acceptors (Lipinski definition) is 4. The highest BCUT2D eigenvalue weighted by atomic mass is 32.2. The highest BCUT2D eigenvalue weighted by Gasteiger charge is 2.27. The molecule has 7 nitrogen and oxygen atoms in total. The second kappa shape index (κ2) is 4.74. The van der Waals surface area contributed by atoms with Gasteiger partial charge in [0.2, 0.25) is 0 Å². The van der Waals surface area contributed by atoms with Crippen molar-refractivity contribution in [3.8, 4) is 0 Å². The summed E-state index contributed by atoms with van der Waals surface area (Å²) >= 11 is 0. The number of aromatic amines is 1. The third-order valence-corrected chi connectivity index (χ3v) is 4.47. The monoisotopic (exact) mass is 258 g/mol. The average molecular weight is 258 g/mol. The molecule has 1 aliphatic heterocycles. The van der Waals surface area contributed by atoms with Crippen molar-refractivity contribution in [2.75, 3.05) is 23.4 Å². The van der Waals surface area contributed by atoms with Crippen molar-refractivity contribution in [3.63, 3.8) is 0 Å². The summed E-state index contributed by atoms with van der Waals surface area (Å²) in [4.78, 5) is 11.4. The molecule has 0 saturated carbocycles. The number of carbonyl (C=O) groups excluding carboxylic acids is 1. The third-order valence-electron chi connectivity index (χ3n) is 2.63. The molecule has 1 aliphatic rings. The topological polar surface area (TPSA) is 104 Å². The number of nitrogens with one attached hydrogen (secondary N) is 3. The van der Waals surface area contributed by atoms with Gasteiger partial charge in [0.1, 0.15) is 0 Å². The van der Waals surface area contributed by atoms with Gasteiger partial charge in [0.05, 0.1) is 23.4 Å².